The standard InChI is InChI=1S/C20H13F3N4O/c1-12(28)13-5-7-14(8-6-13)15-3-2-4-16(9-15)17-10-24-19-26-18(20(21,22)23)11-25-27(17)19/h2-11H,1H3. The summed E-state index contributed by atoms with van der Waals surface area (Å²) < 4.78 is 39.7. The fraction of sp³-hybridized carbons (Fsp3) is 0.100. The van der Waals surface area contributed by atoms with E-state index in [1.165, 1.54) is 17.6 Å². The lowest BCUT2D eigenvalue weighted by Gasteiger charge is -2.07. The monoisotopic (exact) mass is 382 g/mol. The number of aromatic nitrogens is 4. The molecule has 0 aliphatic heterocycles. The Hall–Kier alpha value is -3.55. The Bertz CT molecular complexity index is 1180. The highest BCUT2D eigenvalue weighted by Crippen LogP contribution is 2.29. The second-order valence-corrected chi connectivity index (χ2v) is 6.21. The van der Waals surface area contributed by atoms with Crippen molar-refractivity contribution in [3.63, 3.8) is 0 Å². The molecule has 0 unspecified atom stereocenters. The van der Waals surface area contributed by atoms with Crippen LogP contribution in [0.5, 0.6) is 0 Å². The summed E-state index contributed by atoms with van der Waals surface area (Å²) in [5, 5.41) is 3.85. The van der Waals surface area contributed by atoms with Gasteiger partial charge in [0.1, 0.15) is 0 Å². The van der Waals surface area contributed by atoms with E-state index in [0.29, 0.717) is 17.5 Å². The number of carbonyl (C=O) groups is 1. The fourth-order valence-corrected chi connectivity index (χ4v) is 2.86. The number of hydrogen-bond acceptors (Lipinski definition) is 4. The van der Waals surface area contributed by atoms with Crippen molar-refractivity contribution >= 4 is 11.6 Å². The number of fused-ring (bicyclic) bond motifs is 1. The van der Waals surface area contributed by atoms with Crippen LogP contribution in [0.1, 0.15) is 23.0 Å². The minimum Gasteiger partial charge on any atom is -0.295 e. The lowest BCUT2D eigenvalue weighted by Crippen LogP contribution is -2.11. The third-order valence-corrected chi connectivity index (χ3v) is 4.31. The van der Waals surface area contributed by atoms with E-state index in [2.05, 4.69) is 15.1 Å². The predicted molar refractivity (Wildman–Crippen MR) is 96.7 cm³/mol. The fourth-order valence-electron chi connectivity index (χ4n) is 2.86. The first kappa shape index (κ1) is 17.8. The average Bonchev–Trinajstić information content (AvgIpc) is 3.11. The van der Waals surface area contributed by atoms with Crippen LogP contribution < -0.4 is 0 Å². The maximum atomic E-state index is 12.8. The van der Waals surface area contributed by atoms with Crippen molar-refractivity contribution in [3.05, 3.63) is 72.2 Å². The molecule has 0 saturated heterocycles. The van der Waals surface area contributed by atoms with Crippen molar-refractivity contribution in [2.24, 2.45) is 0 Å². The van der Waals surface area contributed by atoms with Gasteiger partial charge in [0.15, 0.2) is 11.5 Å². The molecule has 0 bridgehead atoms. The maximum absolute atomic E-state index is 12.8. The molecule has 0 N–H and O–H groups in total. The molecule has 0 radical (unpaired) electrons. The van der Waals surface area contributed by atoms with Gasteiger partial charge in [-0.15, -0.1) is 0 Å². The molecule has 140 valence electrons. The van der Waals surface area contributed by atoms with Crippen LogP contribution in [0, 0.1) is 0 Å². The first-order chi connectivity index (χ1) is 13.3. The van der Waals surface area contributed by atoms with E-state index in [9.17, 15) is 18.0 Å². The van der Waals surface area contributed by atoms with Gasteiger partial charge in [0.05, 0.1) is 18.1 Å². The number of rotatable bonds is 3. The van der Waals surface area contributed by atoms with Crippen LogP contribution in [0.2, 0.25) is 0 Å². The molecule has 4 rings (SSSR count). The summed E-state index contributed by atoms with van der Waals surface area (Å²) in [6.07, 6.45) is -2.46. The number of halogens is 3. The number of imidazole rings is 1. The lowest BCUT2D eigenvalue weighted by molar-refractivity contribution is -0.141. The quantitative estimate of drug-likeness (QED) is 0.483. The molecule has 5 nitrogen and oxygen atoms in total. The summed E-state index contributed by atoms with van der Waals surface area (Å²) in [5.74, 6) is -0.135. The molecule has 0 atom stereocenters. The molecule has 0 aliphatic carbocycles. The van der Waals surface area contributed by atoms with Gasteiger partial charge < -0.3 is 0 Å². The first-order valence-corrected chi connectivity index (χ1v) is 8.33. The van der Waals surface area contributed by atoms with Gasteiger partial charge in [-0.3, -0.25) is 4.79 Å². The highest BCUT2D eigenvalue weighted by molar-refractivity contribution is 5.94. The Kier molecular flexibility index (Phi) is 4.18. The maximum Gasteiger partial charge on any atom is 0.435 e. The second kappa shape index (κ2) is 6.56. The number of ketones is 1. The Balaban J connectivity index is 1.74. The van der Waals surface area contributed by atoms with Gasteiger partial charge in [-0.2, -0.15) is 22.8 Å². The number of benzene rings is 2. The molecule has 2 aromatic carbocycles. The van der Waals surface area contributed by atoms with Gasteiger partial charge in [0, 0.05) is 11.1 Å². The van der Waals surface area contributed by atoms with Gasteiger partial charge in [-0.05, 0) is 24.1 Å². The molecule has 8 heteroatoms. The van der Waals surface area contributed by atoms with E-state index in [-0.39, 0.29) is 11.6 Å². The predicted octanol–water partition coefficient (Wildman–Crippen LogP) is 4.68. The third-order valence-electron chi connectivity index (χ3n) is 4.31. The zero-order valence-corrected chi connectivity index (χ0v) is 14.6. The van der Waals surface area contributed by atoms with Crippen molar-refractivity contribution < 1.29 is 18.0 Å². The summed E-state index contributed by atoms with van der Waals surface area (Å²) in [5.41, 5.74) is 2.59. The van der Waals surface area contributed by atoms with Crippen LogP contribution in [0.3, 0.4) is 0 Å². The highest BCUT2D eigenvalue weighted by atomic mass is 19.4. The average molecular weight is 382 g/mol. The van der Waals surface area contributed by atoms with E-state index < -0.39 is 11.9 Å². The van der Waals surface area contributed by atoms with Gasteiger partial charge in [0.25, 0.3) is 5.78 Å². The van der Waals surface area contributed by atoms with E-state index in [1.54, 1.807) is 12.1 Å². The second-order valence-electron chi connectivity index (χ2n) is 6.21. The summed E-state index contributed by atoms with van der Waals surface area (Å²) in [6, 6.07) is 14.6. The molecule has 0 amide bonds. The van der Waals surface area contributed by atoms with E-state index in [1.807, 2.05) is 36.4 Å². The normalized spacial score (nSPS) is 11.7. The van der Waals surface area contributed by atoms with Crippen molar-refractivity contribution in [1.29, 1.82) is 0 Å². The van der Waals surface area contributed by atoms with Crippen LogP contribution in [-0.2, 0) is 6.18 Å². The van der Waals surface area contributed by atoms with Gasteiger partial charge >= 0.3 is 6.18 Å². The first-order valence-electron chi connectivity index (χ1n) is 8.33. The number of alkyl halides is 3. The number of carbonyl (C=O) groups excluding carboxylic acids is 1. The number of hydrogen-bond donors (Lipinski definition) is 0. The zero-order chi connectivity index (χ0) is 19.9. The molecule has 4 aromatic rings. The Morgan fingerprint density at radius 3 is 2.36 bits per heavy atom. The molecule has 28 heavy (non-hydrogen) atoms. The van der Waals surface area contributed by atoms with E-state index >= 15 is 0 Å². The van der Waals surface area contributed by atoms with Crippen LogP contribution in [0.4, 0.5) is 13.2 Å². The molecule has 2 aromatic heterocycles. The van der Waals surface area contributed by atoms with Crippen molar-refractivity contribution in [1.82, 2.24) is 19.6 Å². The zero-order valence-electron chi connectivity index (χ0n) is 14.6. The molecule has 0 spiro atoms. The summed E-state index contributed by atoms with van der Waals surface area (Å²) in [6.45, 7) is 1.51. The van der Waals surface area contributed by atoms with Gasteiger partial charge in [0.2, 0.25) is 0 Å². The SMILES string of the molecule is CC(=O)c1ccc(-c2cccc(-c3cnc4nc(C(F)(F)F)cnn34)c2)cc1. The van der Waals surface area contributed by atoms with Crippen LogP contribution in [0.15, 0.2) is 60.9 Å². The number of nitrogens with zero attached hydrogens (tertiary/aromatic N) is 4. The van der Waals surface area contributed by atoms with E-state index in [4.69, 9.17) is 0 Å². The molecule has 0 fully saturated rings. The minimum atomic E-state index is -4.58. The minimum absolute atomic E-state index is 0.0113. The Morgan fingerprint density at radius 1 is 0.964 bits per heavy atom. The Morgan fingerprint density at radius 2 is 1.68 bits per heavy atom. The van der Waals surface area contributed by atoms with Crippen LogP contribution in [-0.4, -0.2) is 25.4 Å². The summed E-state index contributed by atoms with van der Waals surface area (Å²) in [4.78, 5) is 18.9. The largest absolute Gasteiger partial charge is 0.435 e. The molecular formula is C20H13F3N4O. The van der Waals surface area contributed by atoms with Crippen molar-refractivity contribution in [2.45, 2.75) is 13.1 Å². The summed E-state index contributed by atoms with van der Waals surface area (Å²) >= 11 is 0. The van der Waals surface area contributed by atoms with Crippen LogP contribution in [0.25, 0.3) is 28.2 Å². The highest BCUT2D eigenvalue weighted by Gasteiger charge is 2.33. The van der Waals surface area contributed by atoms with Crippen molar-refractivity contribution in [2.75, 3.05) is 0 Å². The molecule has 2 heterocycles. The number of Topliss-reactive ketones (excluding diaryl/α,β-unsaturated/α-hetero) is 1. The van der Waals surface area contributed by atoms with Gasteiger partial charge in [-0.25, -0.2) is 9.97 Å². The topological polar surface area (TPSA) is 60.2 Å². The molecule has 0 saturated carbocycles. The summed E-state index contributed by atoms with van der Waals surface area (Å²) in [7, 11) is 0. The molecule has 0 aliphatic rings. The Labute approximate surface area is 157 Å². The van der Waals surface area contributed by atoms with Crippen molar-refractivity contribution in [3.8, 4) is 22.4 Å². The van der Waals surface area contributed by atoms with Gasteiger partial charge in [-0.1, -0.05) is 42.5 Å². The van der Waals surface area contributed by atoms with Crippen LogP contribution >= 0.6 is 0 Å². The molecular weight excluding hydrogens is 369 g/mol. The lowest BCUT2D eigenvalue weighted by atomic mass is 10.00. The van der Waals surface area contributed by atoms with E-state index in [0.717, 1.165) is 16.7 Å². The third kappa shape index (κ3) is 3.24. The smallest absolute Gasteiger partial charge is 0.295 e.